The monoisotopic (exact) mass is 422 g/mol. The zero-order valence-corrected chi connectivity index (χ0v) is 18.7. The van der Waals surface area contributed by atoms with Crippen molar-refractivity contribution < 1.29 is 28.7 Å². The Kier molecular flexibility index (Phi) is 19.6. The third-order valence-corrected chi connectivity index (χ3v) is 5.13. The Morgan fingerprint density at radius 2 is 1.25 bits per heavy atom. The Labute approximate surface area is 172 Å². The van der Waals surface area contributed by atoms with Crippen LogP contribution in [0.4, 0.5) is 0 Å². The molecular weight excluding hydrogens is 379 g/mol. The van der Waals surface area contributed by atoms with Crippen LogP contribution in [0.5, 0.6) is 0 Å². The van der Waals surface area contributed by atoms with Gasteiger partial charge in [-0.1, -0.05) is 90.4 Å². The number of phosphoric ester groups is 1. The van der Waals surface area contributed by atoms with Crippen LogP contribution in [0.2, 0.25) is 0 Å². The number of unbranched alkanes of at least 4 members (excludes halogenated alkanes) is 14. The van der Waals surface area contributed by atoms with Crippen LogP contribution in [0.1, 0.15) is 103 Å². The summed E-state index contributed by atoms with van der Waals surface area (Å²) in [5.41, 5.74) is 0. The number of rotatable bonds is 21. The zero-order chi connectivity index (χ0) is 20.9. The smallest absolute Gasteiger partial charge is 0.469 e. The van der Waals surface area contributed by atoms with Gasteiger partial charge in [-0.25, -0.2) is 4.57 Å². The molecule has 0 spiro atoms. The molecule has 0 aromatic heterocycles. The van der Waals surface area contributed by atoms with E-state index in [9.17, 15) is 9.67 Å². The average molecular weight is 423 g/mol. The fraction of sp³-hybridized carbons (Fsp3) is 0.905. The molecule has 0 bridgehead atoms. The summed E-state index contributed by atoms with van der Waals surface area (Å²) in [6.07, 6.45) is 22.2. The third kappa shape index (κ3) is 23.6. The summed E-state index contributed by atoms with van der Waals surface area (Å²) in [5, 5.41) is 9.42. The Morgan fingerprint density at radius 3 is 1.71 bits per heavy atom. The molecule has 0 aromatic carbocycles. The number of allylic oxidation sites excluding steroid dienone is 1. The van der Waals surface area contributed by atoms with Gasteiger partial charge < -0.3 is 19.6 Å². The normalized spacial score (nSPS) is 13.3. The van der Waals surface area contributed by atoms with Crippen molar-refractivity contribution in [1.82, 2.24) is 0 Å². The van der Waals surface area contributed by atoms with Crippen LogP contribution in [0.15, 0.2) is 12.3 Å². The van der Waals surface area contributed by atoms with Gasteiger partial charge in [-0.15, -0.1) is 0 Å². The molecule has 0 rings (SSSR count). The molecule has 0 saturated carbocycles. The second kappa shape index (κ2) is 19.9. The minimum Gasteiger partial charge on any atom is -0.499 e. The first-order chi connectivity index (χ1) is 13.5. The second-order valence-corrected chi connectivity index (χ2v) is 8.77. The maximum Gasteiger partial charge on any atom is 0.469 e. The maximum absolute atomic E-state index is 10.5. The summed E-state index contributed by atoms with van der Waals surface area (Å²) in [6.45, 7) is 1.77. The van der Waals surface area contributed by atoms with E-state index in [1.807, 2.05) is 6.08 Å². The first-order valence-corrected chi connectivity index (χ1v) is 12.6. The van der Waals surface area contributed by atoms with Gasteiger partial charge in [0.15, 0.2) is 0 Å². The predicted octanol–water partition coefficient (Wildman–Crippen LogP) is 5.86. The van der Waals surface area contributed by atoms with Crippen molar-refractivity contribution in [3.8, 4) is 0 Å². The van der Waals surface area contributed by atoms with Crippen LogP contribution < -0.4 is 0 Å². The van der Waals surface area contributed by atoms with Gasteiger partial charge in [-0.2, -0.15) is 0 Å². The molecule has 0 aliphatic carbocycles. The lowest BCUT2D eigenvalue weighted by atomic mass is 10.0. The van der Waals surface area contributed by atoms with Crippen LogP contribution in [0.25, 0.3) is 0 Å². The Bertz CT molecular complexity index is 396. The highest BCUT2D eigenvalue weighted by Gasteiger charge is 2.16. The number of hydrogen-bond donors (Lipinski definition) is 3. The Morgan fingerprint density at radius 1 is 0.786 bits per heavy atom. The van der Waals surface area contributed by atoms with E-state index in [2.05, 4.69) is 11.4 Å². The van der Waals surface area contributed by atoms with Crippen LogP contribution in [-0.4, -0.2) is 34.2 Å². The first kappa shape index (κ1) is 27.6. The van der Waals surface area contributed by atoms with Crippen molar-refractivity contribution in [3.63, 3.8) is 0 Å². The molecule has 0 amide bonds. The van der Waals surface area contributed by atoms with Crippen molar-refractivity contribution >= 4 is 7.82 Å². The number of aliphatic hydroxyl groups excluding tert-OH is 1. The van der Waals surface area contributed by atoms with Gasteiger partial charge in [0.1, 0.15) is 12.7 Å². The van der Waals surface area contributed by atoms with E-state index < -0.39 is 20.5 Å². The van der Waals surface area contributed by atoms with Gasteiger partial charge in [0, 0.05) is 0 Å². The van der Waals surface area contributed by atoms with E-state index in [1.54, 1.807) is 0 Å². The Balaban J connectivity index is 3.22. The van der Waals surface area contributed by atoms with Gasteiger partial charge in [-0.05, 0) is 18.9 Å². The topological polar surface area (TPSA) is 96.2 Å². The highest BCUT2D eigenvalue weighted by Crippen LogP contribution is 2.35. The van der Waals surface area contributed by atoms with Crippen LogP contribution in [-0.2, 0) is 13.8 Å². The standard InChI is InChI=1S/C21H43O6P/c1-2-3-4-5-6-7-8-9-10-11-12-13-14-15-16-17-18-26-19-21(22)20-27-28(23,24)25/h17-18,21-22H,2-16,19-20H2,1H3,(H2,23,24,25)/b18-17-/t21-/m1/s1. The van der Waals surface area contributed by atoms with Gasteiger partial charge in [0.05, 0.1) is 12.9 Å². The first-order valence-electron chi connectivity index (χ1n) is 11.1. The van der Waals surface area contributed by atoms with Crippen LogP contribution in [0.3, 0.4) is 0 Å². The van der Waals surface area contributed by atoms with Crippen molar-refractivity contribution in [2.45, 2.75) is 109 Å². The summed E-state index contributed by atoms with van der Waals surface area (Å²) in [7, 11) is -4.53. The molecule has 0 aromatic rings. The van der Waals surface area contributed by atoms with E-state index in [0.717, 1.165) is 12.8 Å². The molecule has 0 aliphatic heterocycles. The minimum atomic E-state index is -4.53. The molecule has 7 heteroatoms. The SMILES string of the molecule is CCCCCCCCCCCCCCCC/C=C\OC[C@@H](O)COP(=O)(O)O. The number of phosphoric acid groups is 1. The lowest BCUT2D eigenvalue weighted by Gasteiger charge is -2.10. The highest BCUT2D eigenvalue weighted by molar-refractivity contribution is 7.46. The fourth-order valence-corrected chi connectivity index (χ4v) is 3.36. The van der Waals surface area contributed by atoms with Crippen LogP contribution in [0, 0.1) is 0 Å². The Hall–Kier alpha value is -0.390. The molecule has 3 N–H and O–H groups in total. The molecule has 28 heavy (non-hydrogen) atoms. The van der Waals surface area contributed by atoms with Gasteiger partial charge in [-0.3, -0.25) is 4.52 Å². The zero-order valence-electron chi connectivity index (χ0n) is 17.8. The lowest BCUT2D eigenvalue weighted by Crippen LogP contribution is -2.19. The van der Waals surface area contributed by atoms with Gasteiger partial charge >= 0.3 is 7.82 Å². The molecule has 0 radical (unpaired) electrons. The van der Waals surface area contributed by atoms with Crippen molar-refractivity contribution in [2.75, 3.05) is 13.2 Å². The fourth-order valence-electron chi connectivity index (χ4n) is 2.99. The largest absolute Gasteiger partial charge is 0.499 e. The minimum absolute atomic E-state index is 0.0464. The lowest BCUT2D eigenvalue weighted by molar-refractivity contribution is 0.0357. The highest BCUT2D eigenvalue weighted by atomic mass is 31.2. The van der Waals surface area contributed by atoms with Gasteiger partial charge in [0.2, 0.25) is 0 Å². The van der Waals surface area contributed by atoms with E-state index in [1.165, 1.54) is 89.7 Å². The number of hydrogen-bond acceptors (Lipinski definition) is 4. The van der Waals surface area contributed by atoms with Crippen molar-refractivity contribution in [2.24, 2.45) is 0 Å². The van der Waals surface area contributed by atoms with Crippen molar-refractivity contribution in [1.29, 1.82) is 0 Å². The summed E-state index contributed by atoms with van der Waals surface area (Å²) < 4.78 is 19.8. The summed E-state index contributed by atoms with van der Waals surface area (Å²) >= 11 is 0. The molecule has 1 atom stereocenters. The van der Waals surface area contributed by atoms with E-state index in [4.69, 9.17) is 14.5 Å². The number of aliphatic hydroxyl groups is 1. The molecular formula is C21H43O6P. The second-order valence-electron chi connectivity index (χ2n) is 7.53. The molecule has 0 heterocycles. The molecule has 0 aliphatic rings. The summed E-state index contributed by atoms with van der Waals surface area (Å²) in [5.74, 6) is 0. The van der Waals surface area contributed by atoms with E-state index in [-0.39, 0.29) is 6.61 Å². The maximum atomic E-state index is 10.5. The van der Waals surface area contributed by atoms with E-state index in [0.29, 0.717) is 0 Å². The molecule has 0 unspecified atom stereocenters. The molecule has 168 valence electrons. The molecule has 0 fully saturated rings. The molecule has 6 nitrogen and oxygen atoms in total. The van der Waals surface area contributed by atoms with Crippen LogP contribution >= 0.6 is 7.82 Å². The average Bonchev–Trinajstić information content (AvgIpc) is 2.65. The van der Waals surface area contributed by atoms with Crippen molar-refractivity contribution in [3.05, 3.63) is 12.3 Å². The summed E-state index contributed by atoms with van der Waals surface area (Å²) in [6, 6.07) is 0. The third-order valence-electron chi connectivity index (χ3n) is 4.64. The quantitative estimate of drug-likeness (QED) is 0.122. The molecule has 0 saturated heterocycles. The summed E-state index contributed by atoms with van der Waals surface area (Å²) in [4.78, 5) is 17.0. The van der Waals surface area contributed by atoms with E-state index >= 15 is 0 Å². The predicted molar refractivity (Wildman–Crippen MR) is 114 cm³/mol. The number of ether oxygens (including phenoxy) is 1. The van der Waals surface area contributed by atoms with Gasteiger partial charge in [0.25, 0.3) is 0 Å².